The van der Waals surface area contributed by atoms with E-state index in [-0.39, 0.29) is 17.7 Å². The van der Waals surface area contributed by atoms with Gasteiger partial charge in [0.2, 0.25) is 17.6 Å². The van der Waals surface area contributed by atoms with Gasteiger partial charge in [0.05, 0.1) is 6.04 Å². The van der Waals surface area contributed by atoms with E-state index in [0.717, 1.165) is 12.8 Å². The lowest BCUT2D eigenvalue weighted by Gasteiger charge is -2.33. The van der Waals surface area contributed by atoms with Crippen LogP contribution in [-0.2, 0) is 4.79 Å². The number of nitrogens with two attached hydrogens (primary N) is 1. The van der Waals surface area contributed by atoms with Crippen LogP contribution in [-0.4, -0.2) is 45.1 Å². The van der Waals surface area contributed by atoms with Gasteiger partial charge in [-0.1, -0.05) is 25.1 Å². The monoisotopic (exact) mass is 329 g/mol. The van der Waals surface area contributed by atoms with Gasteiger partial charge in [0.1, 0.15) is 5.69 Å². The molecule has 1 atom stereocenters. The number of likely N-dealkylation sites (tertiary alicyclic amines) is 1. The molecule has 2 aromatic heterocycles. The molecule has 1 aliphatic heterocycles. The van der Waals surface area contributed by atoms with E-state index in [0.29, 0.717) is 30.5 Å². The Morgan fingerprint density at radius 2 is 2.08 bits per heavy atom. The molecule has 2 N–H and O–H groups in total. The predicted molar refractivity (Wildman–Crippen MR) is 88.9 cm³/mol. The quantitative estimate of drug-likeness (QED) is 0.919. The van der Waals surface area contributed by atoms with Gasteiger partial charge in [-0.3, -0.25) is 9.78 Å². The molecule has 0 spiro atoms. The minimum Gasteiger partial charge on any atom is -0.341 e. The third-order valence-corrected chi connectivity index (χ3v) is 4.49. The molecule has 0 saturated carbocycles. The molecule has 1 fully saturated rings. The van der Waals surface area contributed by atoms with Crippen LogP contribution in [0.15, 0.2) is 28.9 Å². The van der Waals surface area contributed by atoms with E-state index in [1.54, 1.807) is 6.20 Å². The van der Waals surface area contributed by atoms with E-state index in [4.69, 9.17) is 10.3 Å². The number of rotatable bonds is 4. The molecule has 1 amide bonds. The molecule has 3 rings (SSSR count). The Bertz CT molecular complexity index is 677. The van der Waals surface area contributed by atoms with E-state index >= 15 is 0 Å². The molecule has 0 bridgehead atoms. The summed E-state index contributed by atoms with van der Waals surface area (Å²) in [5.74, 6) is 1.48. The number of nitrogens with zero attached hydrogens (tertiary/aromatic N) is 4. The van der Waals surface area contributed by atoms with E-state index in [9.17, 15) is 4.79 Å². The highest BCUT2D eigenvalue weighted by Crippen LogP contribution is 2.28. The van der Waals surface area contributed by atoms with Gasteiger partial charge in [-0.15, -0.1) is 0 Å². The number of carbonyl (C=O) groups is 1. The van der Waals surface area contributed by atoms with Gasteiger partial charge < -0.3 is 15.2 Å². The first-order valence-corrected chi connectivity index (χ1v) is 8.35. The molecule has 7 nitrogen and oxygen atoms in total. The second-order valence-corrected chi connectivity index (χ2v) is 6.54. The van der Waals surface area contributed by atoms with Crippen LogP contribution in [0.1, 0.15) is 38.5 Å². The normalized spacial score (nSPS) is 17.2. The molecule has 128 valence electrons. The fourth-order valence-corrected chi connectivity index (χ4v) is 2.84. The summed E-state index contributed by atoms with van der Waals surface area (Å²) in [7, 11) is 0. The van der Waals surface area contributed by atoms with Crippen molar-refractivity contribution in [3.05, 3.63) is 30.3 Å². The molecule has 0 aromatic carbocycles. The second kappa shape index (κ2) is 7.09. The summed E-state index contributed by atoms with van der Waals surface area (Å²) in [6, 6.07) is 5.16. The summed E-state index contributed by atoms with van der Waals surface area (Å²) in [6.07, 6.45) is 3.31. The molecule has 0 aliphatic carbocycles. The Morgan fingerprint density at radius 3 is 2.71 bits per heavy atom. The molecule has 7 heteroatoms. The first kappa shape index (κ1) is 16.6. The van der Waals surface area contributed by atoms with Crippen LogP contribution in [0.5, 0.6) is 0 Å². The van der Waals surface area contributed by atoms with Crippen molar-refractivity contribution in [2.45, 2.75) is 38.6 Å². The molecular formula is C17H23N5O2. The Kier molecular flexibility index (Phi) is 4.89. The lowest BCUT2D eigenvalue weighted by Crippen LogP contribution is -2.49. The van der Waals surface area contributed by atoms with E-state index < -0.39 is 6.04 Å². The minimum atomic E-state index is -0.430. The largest absolute Gasteiger partial charge is 0.341 e. The number of hydrogen-bond acceptors (Lipinski definition) is 6. The predicted octanol–water partition coefficient (Wildman–Crippen LogP) is 1.82. The van der Waals surface area contributed by atoms with E-state index in [1.807, 2.05) is 36.9 Å². The number of carbonyl (C=O) groups excluding carboxylic acids is 1. The van der Waals surface area contributed by atoms with Crippen LogP contribution >= 0.6 is 0 Å². The summed E-state index contributed by atoms with van der Waals surface area (Å²) in [4.78, 5) is 22.9. The first-order chi connectivity index (χ1) is 11.6. The van der Waals surface area contributed by atoms with E-state index in [1.165, 1.54) is 0 Å². The van der Waals surface area contributed by atoms with Crippen LogP contribution in [0.3, 0.4) is 0 Å². The lowest BCUT2D eigenvalue weighted by atomic mass is 9.95. The summed E-state index contributed by atoms with van der Waals surface area (Å²) in [5, 5.41) is 4.02. The van der Waals surface area contributed by atoms with Crippen molar-refractivity contribution < 1.29 is 9.32 Å². The van der Waals surface area contributed by atoms with Crippen LogP contribution in [0.4, 0.5) is 0 Å². The fourth-order valence-electron chi connectivity index (χ4n) is 2.84. The molecule has 24 heavy (non-hydrogen) atoms. The van der Waals surface area contributed by atoms with Crippen molar-refractivity contribution >= 4 is 5.91 Å². The molecule has 3 heterocycles. The molecule has 2 aromatic rings. The number of amides is 1. The van der Waals surface area contributed by atoms with Gasteiger partial charge in [0.15, 0.2) is 0 Å². The van der Waals surface area contributed by atoms with Crippen LogP contribution < -0.4 is 5.73 Å². The van der Waals surface area contributed by atoms with Gasteiger partial charge in [0, 0.05) is 25.2 Å². The Morgan fingerprint density at radius 1 is 1.33 bits per heavy atom. The zero-order chi connectivity index (χ0) is 17.1. The third kappa shape index (κ3) is 3.46. The summed E-state index contributed by atoms with van der Waals surface area (Å²) in [6.45, 7) is 5.27. The van der Waals surface area contributed by atoms with Crippen molar-refractivity contribution in [1.29, 1.82) is 0 Å². The average Bonchev–Trinajstić information content (AvgIpc) is 3.11. The highest BCUT2D eigenvalue weighted by Gasteiger charge is 2.30. The summed E-state index contributed by atoms with van der Waals surface area (Å²) in [5.41, 5.74) is 6.66. The van der Waals surface area contributed by atoms with Gasteiger partial charge in [-0.05, 0) is 30.9 Å². The maximum atomic E-state index is 12.3. The Balaban J connectivity index is 1.61. The zero-order valence-corrected chi connectivity index (χ0v) is 14.1. The smallest absolute Gasteiger partial charge is 0.239 e. The second-order valence-electron chi connectivity index (χ2n) is 6.54. The molecule has 1 aliphatic rings. The topological polar surface area (TPSA) is 98.1 Å². The molecule has 1 saturated heterocycles. The summed E-state index contributed by atoms with van der Waals surface area (Å²) < 4.78 is 5.41. The highest BCUT2D eigenvalue weighted by molar-refractivity contribution is 5.82. The zero-order valence-electron chi connectivity index (χ0n) is 14.1. The van der Waals surface area contributed by atoms with Crippen molar-refractivity contribution in [3.8, 4) is 11.5 Å². The number of piperidine rings is 1. The SMILES string of the molecule is CC(C)[C@H](N)C(=O)N1CCC(c2nc(-c3ccccn3)no2)CC1. The van der Waals surface area contributed by atoms with Crippen molar-refractivity contribution in [3.63, 3.8) is 0 Å². The van der Waals surface area contributed by atoms with Crippen LogP contribution in [0, 0.1) is 5.92 Å². The fraction of sp³-hybridized carbons (Fsp3) is 0.529. The van der Waals surface area contributed by atoms with E-state index in [2.05, 4.69) is 15.1 Å². The number of hydrogen-bond donors (Lipinski definition) is 1. The Hall–Kier alpha value is -2.28. The first-order valence-electron chi connectivity index (χ1n) is 8.35. The van der Waals surface area contributed by atoms with Gasteiger partial charge in [-0.2, -0.15) is 4.98 Å². The Labute approximate surface area is 141 Å². The van der Waals surface area contributed by atoms with Crippen molar-refractivity contribution in [2.24, 2.45) is 11.7 Å². The van der Waals surface area contributed by atoms with Crippen molar-refractivity contribution in [2.75, 3.05) is 13.1 Å². The molecule has 0 radical (unpaired) electrons. The van der Waals surface area contributed by atoms with Gasteiger partial charge in [0.25, 0.3) is 0 Å². The van der Waals surface area contributed by atoms with Gasteiger partial charge in [-0.25, -0.2) is 0 Å². The maximum Gasteiger partial charge on any atom is 0.239 e. The third-order valence-electron chi connectivity index (χ3n) is 4.49. The average molecular weight is 329 g/mol. The number of pyridine rings is 1. The molecule has 0 unspecified atom stereocenters. The standard InChI is InChI=1S/C17H23N5O2/c1-11(2)14(18)17(23)22-9-6-12(7-10-22)16-20-15(21-24-16)13-5-3-4-8-19-13/h3-5,8,11-12,14H,6-7,9-10,18H2,1-2H3/t14-/m0/s1. The summed E-state index contributed by atoms with van der Waals surface area (Å²) >= 11 is 0. The van der Waals surface area contributed by atoms with Crippen LogP contribution in [0.25, 0.3) is 11.5 Å². The van der Waals surface area contributed by atoms with Crippen molar-refractivity contribution in [1.82, 2.24) is 20.0 Å². The van der Waals surface area contributed by atoms with Crippen LogP contribution in [0.2, 0.25) is 0 Å². The number of aromatic nitrogens is 3. The lowest BCUT2D eigenvalue weighted by molar-refractivity contribution is -0.134. The highest BCUT2D eigenvalue weighted by atomic mass is 16.5. The molecular weight excluding hydrogens is 306 g/mol. The minimum absolute atomic E-state index is 0.0307. The van der Waals surface area contributed by atoms with Gasteiger partial charge >= 0.3 is 0 Å². The maximum absolute atomic E-state index is 12.3.